The van der Waals surface area contributed by atoms with Gasteiger partial charge in [-0.05, 0) is 55.5 Å². The van der Waals surface area contributed by atoms with Crippen LogP contribution in [0, 0.1) is 18.3 Å². The van der Waals surface area contributed by atoms with Crippen LogP contribution < -0.4 is 10.6 Å². The molecule has 2 N–H and O–H groups in total. The first kappa shape index (κ1) is 24.2. The molecule has 0 saturated carbocycles. The molecule has 0 unspecified atom stereocenters. The molecular weight excluding hydrogens is 485 g/mol. The first-order valence-electron chi connectivity index (χ1n) is 10.5. The van der Waals surface area contributed by atoms with Crippen molar-refractivity contribution in [2.45, 2.75) is 45.8 Å². The Labute approximate surface area is 197 Å². The van der Waals surface area contributed by atoms with Crippen LogP contribution in [0.4, 0.5) is 0 Å². The molecule has 0 aromatic heterocycles. The molecule has 0 aliphatic carbocycles. The molecule has 6 heteroatoms. The number of nitrogens with zero attached hydrogens (tertiary/aromatic N) is 3. The number of guanidine groups is 1. The first-order chi connectivity index (χ1) is 14.2. The molecule has 1 aliphatic rings. The summed E-state index contributed by atoms with van der Waals surface area (Å²) in [4.78, 5) is 7.27. The lowest BCUT2D eigenvalue weighted by Crippen LogP contribution is -2.48. The van der Waals surface area contributed by atoms with Gasteiger partial charge in [0.05, 0.1) is 18.2 Å². The lowest BCUT2D eigenvalue weighted by molar-refractivity contribution is 0.198. The molecule has 0 amide bonds. The SMILES string of the molecule is CCNC(=NCc1ccc(C#N)cc1)NC1CCN(Cc2ccccc2C)CC1.I. The standard InChI is InChI=1S/C24H31N5.HI/c1-3-26-24(27-17-21-10-8-20(16-25)9-11-21)28-23-12-14-29(15-13-23)18-22-7-5-4-6-19(22)2;/h4-11,23H,3,12-15,17-18H2,1-2H3,(H2,26,27,28);1H. The van der Waals surface area contributed by atoms with E-state index in [9.17, 15) is 0 Å². The van der Waals surface area contributed by atoms with E-state index in [1.54, 1.807) is 0 Å². The monoisotopic (exact) mass is 517 g/mol. The van der Waals surface area contributed by atoms with Crippen molar-refractivity contribution in [1.29, 1.82) is 5.26 Å². The number of hydrogen-bond acceptors (Lipinski definition) is 3. The molecule has 1 fully saturated rings. The number of halogens is 1. The van der Waals surface area contributed by atoms with Gasteiger partial charge in [0.2, 0.25) is 0 Å². The normalized spacial score (nSPS) is 15.2. The predicted octanol–water partition coefficient (Wildman–Crippen LogP) is 4.20. The number of hydrogen-bond donors (Lipinski definition) is 2. The zero-order chi connectivity index (χ0) is 20.5. The van der Waals surface area contributed by atoms with Crippen molar-refractivity contribution < 1.29 is 0 Å². The van der Waals surface area contributed by atoms with E-state index in [0.29, 0.717) is 18.2 Å². The van der Waals surface area contributed by atoms with E-state index in [-0.39, 0.29) is 24.0 Å². The van der Waals surface area contributed by atoms with Crippen molar-refractivity contribution in [3.05, 3.63) is 70.8 Å². The molecule has 160 valence electrons. The van der Waals surface area contributed by atoms with E-state index in [0.717, 1.165) is 50.5 Å². The topological polar surface area (TPSA) is 63.5 Å². The molecule has 0 spiro atoms. The third kappa shape index (κ3) is 7.29. The quantitative estimate of drug-likeness (QED) is 0.343. The van der Waals surface area contributed by atoms with Gasteiger partial charge < -0.3 is 10.6 Å². The van der Waals surface area contributed by atoms with Crippen molar-refractivity contribution >= 4 is 29.9 Å². The largest absolute Gasteiger partial charge is 0.357 e. The van der Waals surface area contributed by atoms with Crippen LogP contribution in [0.3, 0.4) is 0 Å². The number of likely N-dealkylation sites (tertiary alicyclic amines) is 1. The second-order valence-electron chi connectivity index (χ2n) is 7.63. The summed E-state index contributed by atoms with van der Waals surface area (Å²) in [6, 6.07) is 18.9. The van der Waals surface area contributed by atoms with Crippen LogP contribution in [0.25, 0.3) is 0 Å². The molecule has 2 aromatic rings. The highest BCUT2D eigenvalue weighted by Crippen LogP contribution is 2.16. The lowest BCUT2D eigenvalue weighted by Gasteiger charge is -2.33. The van der Waals surface area contributed by atoms with Crippen LogP contribution in [0.2, 0.25) is 0 Å². The number of aryl methyl sites for hydroxylation is 1. The molecule has 1 heterocycles. The highest BCUT2D eigenvalue weighted by molar-refractivity contribution is 14.0. The Balaban J connectivity index is 0.00000320. The molecule has 0 radical (unpaired) electrons. The summed E-state index contributed by atoms with van der Waals surface area (Å²) in [6.07, 6.45) is 2.24. The van der Waals surface area contributed by atoms with E-state index < -0.39 is 0 Å². The smallest absolute Gasteiger partial charge is 0.191 e. The fourth-order valence-corrected chi connectivity index (χ4v) is 3.63. The molecule has 0 atom stereocenters. The molecular formula is C24H32IN5. The number of rotatable bonds is 6. The van der Waals surface area contributed by atoms with Crippen molar-refractivity contribution in [1.82, 2.24) is 15.5 Å². The Hall–Kier alpha value is -2.11. The minimum absolute atomic E-state index is 0. The number of nitrogens with one attached hydrogen (secondary N) is 2. The lowest BCUT2D eigenvalue weighted by atomic mass is 10.0. The third-order valence-corrected chi connectivity index (χ3v) is 5.43. The molecule has 30 heavy (non-hydrogen) atoms. The second-order valence-corrected chi connectivity index (χ2v) is 7.63. The van der Waals surface area contributed by atoms with Crippen LogP contribution in [0.5, 0.6) is 0 Å². The van der Waals surface area contributed by atoms with Gasteiger partial charge in [-0.1, -0.05) is 36.4 Å². The maximum atomic E-state index is 8.91. The molecule has 1 saturated heterocycles. The van der Waals surface area contributed by atoms with E-state index in [2.05, 4.69) is 59.7 Å². The van der Waals surface area contributed by atoms with Gasteiger partial charge in [-0.15, -0.1) is 24.0 Å². The maximum absolute atomic E-state index is 8.91. The summed E-state index contributed by atoms with van der Waals surface area (Å²) in [5, 5.41) is 15.9. The number of benzene rings is 2. The zero-order valence-corrected chi connectivity index (χ0v) is 20.2. The number of nitriles is 1. The number of piperidine rings is 1. The zero-order valence-electron chi connectivity index (χ0n) is 17.9. The average molecular weight is 517 g/mol. The fraction of sp³-hybridized carbons (Fsp3) is 0.417. The Kier molecular flexibility index (Phi) is 10.1. The number of aliphatic imine (C=N–C) groups is 1. The summed E-state index contributed by atoms with van der Waals surface area (Å²) in [6.45, 7) is 8.95. The van der Waals surface area contributed by atoms with Gasteiger partial charge >= 0.3 is 0 Å². The van der Waals surface area contributed by atoms with E-state index in [1.807, 2.05) is 24.3 Å². The van der Waals surface area contributed by atoms with Gasteiger partial charge in [0.1, 0.15) is 0 Å². The highest BCUT2D eigenvalue weighted by atomic mass is 127. The van der Waals surface area contributed by atoms with Crippen LogP contribution in [0.15, 0.2) is 53.5 Å². The minimum Gasteiger partial charge on any atom is -0.357 e. The van der Waals surface area contributed by atoms with Crippen molar-refractivity contribution in [2.24, 2.45) is 4.99 Å². The molecule has 1 aliphatic heterocycles. The predicted molar refractivity (Wildman–Crippen MR) is 134 cm³/mol. The summed E-state index contributed by atoms with van der Waals surface area (Å²) in [5.41, 5.74) is 4.59. The Bertz CT molecular complexity index is 849. The van der Waals surface area contributed by atoms with Crippen molar-refractivity contribution in [2.75, 3.05) is 19.6 Å². The molecule has 5 nitrogen and oxygen atoms in total. The summed E-state index contributed by atoms with van der Waals surface area (Å²) >= 11 is 0. The van der Waals surface area contributed by atoms with Crippen molar-refractivity contribution in [3.8, 4) is 6.07 Å². The first-order valence-corrected chi connectivity index (χ1v) is 10.5. The van der Waals surface area contributed by atoms with Crippen LogP contribution in [-0.2, 0) is 13.1 Å². The summed E-state index contributed by atoms with van der Waals surface area (Å²) < 4.78 is 0. The van der Waals surface area contributed by atoms with Crippen LogP contribution >= 0.6 is 24.0 Å². The third-order valence-electron chi connectivity index (χ3n) is 5.43. The van der Waals surface area contributed by atoms with E-state index in [1.165, 1.54) is 11.1 Å². The van der Waals surface area contributed by atoms with Gasteiger partial charge in [0.25, 0.3) is 0 Å². The van der Waals surface area contributed by atoms with Crippen molar-refractivity contribution in [3.63, 3.8) is 0 Å². The molecule has 0 bridgehead atoms. The summed E-state index contributed by atoms with van der Waals surface area (Å²) in [7, 11) is 0. The fourth-order valence-electron chi connectivity index (χ4n) is 3.63. The summed E-state index contributed by atoms with van der Waals surface area (Å²) in [5.74, 6) is 0.870. The minimum atomic E-state index is 0. The van der Waals surface area contributed by atoms with Gasteiger partial charge in [-0.3, -0.25) is 4.90 Å². The Morgan fingerprint density at radius 3 is 2.47 bits per heavy atom. The Morgan fingerprint density at radius 1 is 1.13 bits per heavy atom. The van der Waals surface area contributed by atoms with Gasteiger partial charge in [-0.25, -0.2) is 4.99 Å². The van der Waals surface area contributed by atoms with E-state index in [4.69, 9.17) is 10.3 Å². The van der Waals surface area contributed by atoms with Gasteiger partial charge in [-0.2, -0.15) is 5.26 Å². The van der Waals surface area contributed by atoms with Gasteiger partial charge in [0, 0.05) is 32.2 Å². The second kappa shape index (κ2) is 12.6. The average Bonchev–Trinajstić information content (AvgIpc) is 2.75. The van der Waals surface area contributed by atoms with Gasteiger partial charge in [0.15, 0.2) is 5.96 Å². The van der Waals surface area contributed by atoms with Crippen LogP contribution in [0.1, 0.15) is 42.0 Å². The molecule has 3 rings (SSSR count). The van der Waals surface area contributed by atoms with Crippen LogP contribution in [-0.4, -0.2) is 36.5 Å². The Morgan fingerprint density at radius 2 is 1.83 bits per heavy atom. The molecule has 2 aromatic carbocycles. The van der Waals surface area contributed by atoms with E-state index >= 15 is 0 Å². The maximum Gasteiger partial charge on any atom is 0.191 e. The highest BCUT2D eigenvalue weighted by Gasteiger charge is 2.20.